The first-order chi connectivity index (χ1) is 9.78. The molecule has 0 aliphatic rings. The lowest BCUT2D eigenvalue weighted by Gasteiger charge is -2.16. The highest BCUT2D eigenvalue weighted by Gasteiger charge is 2.16. The molecular weight excluding hydrogens is 255 g/mol. The highest BCUT2D eigenvalue weighted by atomic mass is 19.1. The van der Waals surface area contributed by atoms with Crippen molar-refractivity contribution in [2.45, 2.75) is 6.04 Å². The first kappa shape index (κ1) is 12.7. The SMILES string of the molecule is NCC(Nc1ccccc1F)c1cc2ccccc2o1. The molecule has 1 unspecified atom stereocenters. The summed E-state index contributed by atoms with van der Waals surface area (Å²) in [4.78, 5) is 0. The Bertz CT molecular complexity index is 690. The predicted molar refractivity (Wildman–Crippen MR) is 78.0 cm³/mol. The fourth-order valence-corrected chi connectivity index (χ4v) is 2.19. The van der Waals surface area contributed by atoms with Gasteiger partial charge in [0.15, 0.2) is 0 Å². The Morgan fingerprint density at radius 3 is 2.60 bits per heavy atom. The molecule has 0 aliphatic heterocycles. The molecular formula is C16H15FN2O. The Kier molecular flexibility index (Phi) is 3.39. The Morgan fingerprint density at radius 2 is 1.85 bits per heavy atom. The molecule has 1 heterocycles. The van der Waals surface area contributed by atoms with Gasteiger partial charge in [-0.25, -0.2) is 4.39 Å². The van der Waals surface area contributed by atoms with Gasteiger partial charge in [-0.05, 0) is 24.3 Å². The van der Waals surface area contributed by atoms with E-state index in [9.17, 15) is 4.39 Å². The largest absolute Gasteiger partial charge is 0.459 e. The predicted octanol–water partition coefficient (Wildman–Crippen LogP) is 3.68. The minimum atomic E-state index is -0.304. The maximum absolute atomic E-state index is 13.7. The van der Waals surface area contributed by atoms with Crippen LogP contribution in [0.5, 0.6) is 0 Å². The van der Waals surface area contributed by atoms with Crippen LogP contribution in [0.2, 0.25) is 0 Å². The van der Waals surface area contributed by atoms with Crippen LogP contribution in [0.4, 0.5) is 10.1 Å². The van der Waals surface area contributed by atoms with Crippen molar-refractivity contribution in [3.05, 3.63) is 66.2 Å². The summed E-state index contributed by atoms with van der Waals surface area (Å²) in [5, 5.41) is 4.09. The van der Waals surface area contributed by atoms with Crippen molar-refractivity contribution in [1.82, 2.24) is 0 Å². The molecule has 0 amide bonds. The average molecular weight is 270 g/mol. The van der Waals surface area contributed by atoms with Gasteiger partial charge in [0.05, 0.1) is 11.7 Å². The molecule has 3 nitrogen and oxygen atoms in total. The molecule has 0 aliphatic carbocycles. The summed E-state index contributed by atoms with van der Waals surface area (Å²) in [6.07, 6.45) is 0. The van der Waals surface area contributed by atoms with Crippen LogP contribution < -0.4 is 11.1 Å². The van der Waals surface area contributed by atoms with Crippen molar-refractivity contribution >= 4 is 16.7 Å². The lowest BCUT2D eigenvalue weighted by molar-refractivity contribution is 0.512. The van der Waals surface area contributed by atoms with E-state index in [-0.39, 0.29) is 11.9 Å². The van der Waals surface area contributed by atoms with Gasteiger partial charge in [-0.2, -0.15) is 0 Å². The first-order valence-electron chi connectivity index (χ1n) is 6.47. The number of hydrogen-bond acceptors (Lipinski definition) is 3. The zero-order valence-corrected chi connectivity index (χ0v) is 10.8. The molecule has 4 heteroatoms. The Hall–Kier alpha value is -2.33. The van der Waals surface area contributed by atoms with E-state index in [1.165, 1.54) is 6.07 Å². The lowest BCUT2D eigenvalue weighted by atomic mass is 10.2. The van der Waals surface area contributed by atoms with Crippen LogP contribution in [0, 0.1) is 5.82 Å². The minimum absolute atomic E-state index is 0.265. The number of benzene rings is 2. The molecule has 0 bridgehead atoms. The highest BCUT2D eigenvalue weighted by Crippen LogP contribution is 2.26. The van der Waals surface area contributed by atoms with E-state index in [0.29, 0.717) is 18.0 Å². The van der Waals surface area contributed by atoms with E-state index in [0.717, 1.165) is 11.0 Å². The monoisotopic (exact) mass is 270 g/mol. The number of rotatable bonds is 4. The molecule has 0 radical (unpaired) electrons. The molecule has 0 saturated carbocycles. The van der Waals surface area contributed by atoms with E-state index in [1.54, 1.807) is 18.2 Å². The molecule has 0 spiro atoms. The van der Waals surface area contributed by atoms with Crippen LogP contribution in [0.3, 0.4) is 0 Å². The van der Waals surface area contributed by atoms with E-state index in [1.807, 2.05) is 30.3 Å². The van der Waals surface area contributed by atoms with Gasteiger partial charge in [0.25, 0.3) is 0 Å². The standard InChI is InChI=1S/C16H15FN2O/c17-12-6-2-3-7-13(12)19-14(10-18)16-9-11-5-1-4-8-15(11)20-16/h1-9,14,19H,10,18H2. The number of nitrogens with one attached hydrogen (secondary N) is 1. The molecule has 1 atom stereocenters. The maximum atomic E-state index is 13.7. The van der Waals surface area contributed by atoms with Gasteiger partial charge < -0.3 is 15.5 Å². The third-order valence-corrected chi connectivity index (χ3v) is 3.23. The van der Waals surface area contributed by atoms with Gasteiger partial charge in [0.2, 0.25) is 0 Å². The van der Waals surface area contributed by atoms with Gasteiger partial charge in [0.1, 0.15) is 17.2 Å². The summed E-state index contributed by atoms with van der Waals surface area (Å²) in [6.45, 7) is 0.314. The molecule has 102 valence electrons. The van der Waals surface area contributed by atoms with Crippen molar-refractivity contribution in [1.29, 1.82) is 0 Å². The summed E-state index contributed by atoms with van der Waals surface area (Å²) in [5.41, 5.74) is 7.00. The smallest absolute Gasteiger partial charge is 0.146 e. The van der Waals surface area contributed by atoms with E-state index < -0.39 is 0 Å². The minimum Gasteiger partial charge on any atom is -0.459 e. The maximum Gasteiger partial charge on any atom is 0.146 e. The Labute approximate surface area is 116 Å². The van der Waals surface area contributed by atoms with Gasteiger partial charge in [-0.1, -0.05) is 30.3 Å². The van der Waals surface area contributed by atoms with Crippen molar-refractivity contribution in [3.8, 4) is 0 Å². The number of furan rings is 1. The second-order valence-corrected chi connectivity index (χ2v) is 4.60. The Morgan fingerprint density at radius 1 is 1.10 bits per heavy atom. The third kappa shape index (κ3) is 2.38. The Balaban J connectivity index is 1.91. The summed E-state index contributed by atoms with van der Waals surface area (Å²) in [6, 6.07) is 15.9. The van der Waals surface area contributed by atoms with Crippen LogP contribution >= 0.6 is 0 Å². The van der Waals surface area contributed by atoms with Gasteiger partial charge in [0, 0.05) is 11.9 Å². The second-order valence-electron chi connectivity index (χ2n) is 4.60. The van der Waals surface area contributed by atoms with Gasteiger partial charge in [-0.15, -0.1) is 0 Å². The molecule has 3 rings (SSSR count). The number of hydrogen-bond donors (Lipinski definition) is 2. The van der Waals surface area contributed by atoms with Crippen molar-refractivity contribution < 1.29 is 8.81 Å². The van der Waals surface area contributed by atoms with Crippen molar-refractivity contribution in [3.63, 3.8) is 0 Å². The molecule has 3 N–H and O–H groups in total. The van der Waals surface area contributed by atoms with E-state index >= 15 is 0 Å². The van der Waals surface area contributed by atoms with Crippen molar-refractivity contribution in [2.24, 2.45) is 5.73 Å². The molecule has 0 fully saturated rings. The summed E-state index contributed by atoms with van der Waals surface area (Å²) < 4.78 is 19.4. The normalized spacial score (nSPS) is 12.5. The van der Waals surface area contributed by atoms with Crippen LogP contribution in [0.25, 0.3) is 11.0 Å². The average Bonchev–Trinajstić information content (AvgIpc) is 2.90. The summed E-state index contributed by atoms with van der Waals surface area (Å²) in [7, 11) is 0. The third-order valence-electron chi connectivity index (χ3n) is 3.23. The molecule has 0 saturated heterocycles. The fraction of sp³-hybridized carbons (Fsp3) is 0.125. The highest BCUT2D eigenvalue weighted by molar-refractivity contribution is 5.78. The van der Waals surface area contributed by atoms with Crippen LogP contribution in [-0.4, -0.2) is 6.54 Å². The van der Waals surface area contributed by atoms with Crippen LogP contribution in [-0.2, 0) is 0 Å². The number of anilines is 1. The number of fused-ring (bicyclic) bond motifs is 1. The first-order valence-corrected chi connectivity index (χ1v) is 6.47. The molecule has 3 aromatic rings. The topological polar surface area (TPSA) is 51.2 Å². The number of para-hydroxylation sites is 2. The second kappa shape index (κ2) is 5.35. The molecule has 20 heavy (non-hydrogen) atoms. The zero-order valence-electron chi connectivity index (χ0n) is 10.8. The lowest BCUT2D eigenvalue weighted by Crippen LogP contribution is -2.20. The van der Waals surface area contributed by atoms with Crippen LogP contribution in [0.1, 0.15) is 11.8 Å². The fourth-order valence-electron chi connectivity index (χ4n) is 2.19. The zero-order chi connectivity index (χ0) is 13.9. The van der Waals surface area contributed by atoms with E-state index in [2.05, 4.69) is 5.32 Å². The van der Waals surface area contributed by atoms with Gasteiger partial charge >= 0.3 is 0 Å². The summed E-state index contributed by atoms with van der Waals surface area (Å²) >= 11 is 0. The molecule has 2 aromatic carbocycles. The quantitative estimate of drug-likeness (QED) is 0.760. The van der Waals surface area contributed by atoms with Crippen molar-refractivity contribution in [2.75, 3.05) is 11.9 Å². The molecule has 1 aromatic heterocycles. The van der Waals surface area contributed by atoms with Crippen LogP contribution in [0.15, 0.2) is 59.0 Å². The number of halogens is 1. The summed E-state index contributed by atoms with van der Waals surface area (Å²) in [5.74, 6) is 0.402. The van der Waals surface area contributed by atoms with Gasteiger partial charge in [-0.3, -0.25) is 0 Å². The number of nitrogens with two attached hydrogens (primary N) is 1. The van der Waals surface area contributed by atoms with E-state index in [4.69, 9.17) is 10.2 Å².